The van der Waals surface area contributed by atoms with E-state index in [1.165, 1.54) is 0 Å². The van der Waals surface area contributed by atoms with Crippen molar-refractivity contribution in [2.24, 2.45) is 0 Å². The Hall–Kier alpha value is -5.36. The maximum Gasteiger partial charge on any atom is 0.264 e. The van der Waals surface area contributed by atoms with Gasteiger partial charge in [0, 0.05) is 48.5 Å². The smallest absolute Gasteiger partial charge is 0.264 e. The van der Waals surface area contributed by atoms with Crippen LogP contribution in [0.2, 0.25) is 0 Å². The molecule has 6 rings (SSSR count). The van der Waals surface area contributed by atoms with Crippen molar-refractivity contribution in [2.75, 3.05) is 25.0 Å². The average molecular weight is 610 g/mol. The van der Waals surface area contributed by atoms with Crippen LogP contribution >= 0.6 is 0 Å². The lowest BCUT2D eigenvalue weighted by atomic mass is 10.0. The topological polar surface area (TPSA) is 160 Å². The molecule has 0 aliphatic carbocycles. The molecule has 2 unspecified atom stereocenters. The molecule has 2 aromatic carbocycles. The number of furan rings is 1. The summed E-state index contributed by atoms with van der Waals surface area (Å²) in [6, 6.07) is 17.1. The fraction of sp³-hybridized carbons (Fsp3) is 0.273. The maximum absolute atomic E-state index is 13.2. The molecule has 0 bridgehead atoms. The van der Waals surface area contributed by atoms with Crippen molar-refractivity contribution in [3.63, 3.8) is 0 Å². The fourth-order valence-electron chi connectivity index (χ4n) is 5.58. The van der Waals surface area contributed by atoms with Crippen molar-refractivity contribution in [1.29, 1.82) is 0 Å². The number of rotatable bonds is 12. The number of unbranched alkanes of at least 4 members (excludes halogenated alkanes) is 1. The number of nitrogens with one attached hydrogen (secondary N) is 3. The first kappa shape index (κ1) is 29.7. The highest BCUT2D eigenvalue weighted by molar-refractivity contribution is 6.25. The molecule has 4 heterocycles. The van der Waals surface area contributed by atoms with Crippen molar-refractivity contribution in [1.82, 2.24) is 20.5 Å². The molecule has 0 spiro atoms. The predicted octanol–water partition coefficient (Wildman–Crippen LogP) is 3.34. The van der Waals surface area contributed by atoms with Crippen LogP contribution in [0.1, 0.15) is 63.8 Å². The Bertz CT molecular complexity index is 1740. The third kappa shape index (κ3) is 6.31. The highest BCUT2D eigenvalue weighted by Gasteiger charge is 2.45. The quantitative estimate of drug-likeness (QED) is 0.162. The van der Waals surface area contributed by atoms with Gasteiger partial charge in [0.2, 0.25) is 17.7 Å². The molecule has 0 radical (unpaired) electrons. The molecule has 230 valence electrons. The highest BCUT2D eigenvalue weighted by Crippen LogP contribution is 2.33. The Labute approximate surface area is 258 Å². The number of amides is 5. The van der Waals surface area contributed by atoms with E-state index in [0.717, 1.165) is 21.4 Å². The van der Waals surface area contributed by atoms with Crippen molar-refractivity contribution in [2.45, 2.75) is 37.8 Å². The molecule has 2 aromatic heterocycles. The van der Waals surface area contributed by atoms with Gasteiger partial charge in [0.15, 0.2) is 0 Å². The second-order valence-electron chi connectivity index (χ2n) is 10.8. The number of ether oxygens (including phenoxy) is 1. The molecule has 12 heteroatoms. The van der Waals surface area contributed by atoms with Crippen molar-refractivity contribution >= 4 is 46.2 Å². The molecule has 2 aliphatic heterocycles. The van der Waals surface area contributed by atoms with E-state index in [1.807, 2.05) is 36.4 Å². The van der Waals surface area contributed by atoms with Crippen LogP contribution in [0, 0.1) is 0 Å². The number of piperidine rings is 1. The highest BCUT2D eigenvalue weighted by atomic mass is 16.5. The van der Waals surface area contributed by atoms with Crippen LogP contribution in [0.3, 0.4) is 0 Å². The van der Waals surface area contributed by atoms with Gasteiger partial charge in [-0.3, -0.25) is 39.2 Å². The van der Waals surface area contributed by atoms with E-state index in [1.54, 1.807) is 36.7 Å². The summed E-state index contributed by atoms with van der Waals surface area (Å²) in [5, 5.41) is 9.21. The summed E-state index contributed by atoms with van der Waals surface area (Å²) < 4.78 is 12.0. The van der Waals surface area contributed by atoms with Crippen molar-refractivity contribution < 1.29 is 33.1 Å². The maximum atomic E-state index is 13.2. The zero-order valence-corrected chi connectivity index (χ0v) is 24.3. The minimum Gasteiger partial charge on any atom is -0.458 e. The summed E-state index contributed by atoms with van der Waals surface area (Å²) in [6.07, 6.45) is 4.22. The molecule has 4 aromatic rings. The van der Waals surface area contributed by atoms with Gasteiger partial charge in [-0.1, -0.05) is 30.3 Å². The van der Waals surface area contributed by atoms with Gasteiger partial charge in [-0.25, -0.2) is 0 Å². The van der Waals surface area contributed by atoms with Gasteiger partial charge in [-0.15, -0.1) is 0 Å². The number of anilines is 1. The van der Waals surface area contributed by atoms with Gasteiger partial charge < -0.3 is 19.8 Å². The number of benzene rings is 2. The Morgan fingerprint density at radius 2 is 1.87 bits per heavy atom. The van der Waals surface area contributed by atoms with Crippen LogP contribution in [0.5, 0.6) is 0 Å². The van der Waals surface area contributed by atoms with E-state index >= 15 is 0 Å². The number of carbonyl (C=O) groups is 5. The molecule has 2 atom stereocenters. The van der Waals surface area contributed by atoms with Crippen LogP contribution in [0.4, 0.5) is 5.69 Å². The van der Waals surface area contributed by atoms with Crippen LogP contribution in [0.15, 0.2) is 77.5 Å². The van der Waals surface area contributed by atoms with E-state index in [9.17, 15) is 24.0 Å². The Balaban J connectivity index is 0.980. The van der Waals surface area contributed by atoms with E-state index in [2.05, 4.69) is 20.9 Å². The van der Waals surface area contributed by atoms with Crippen molar-refractivity contribution in [3.8, 4) is 0 Å². The molecule has 0 saturated carbocycles. The first-order valence-corrected chi connectivity index (χ1v) is 14.8. The Morgan fingerprint density at radius 3 is 2.67 bits per heavy atom. The van der Waals surface area contributed by atoms with Gasteiger partial charge >= 0.3 is 0 Å². The van der Waals surface area contributed by atoms with Crippen LogP contribution in [0.25, 0.3) is 11.0 Å². The van der Waals surface area contributed by atoms with Gasteiger partial charge in [0.05, 0.1) is 11.1 Å². The SMILES string of the molecule is O=C(COC(c1cccnc1)c1cc2ccccc2o1)NCCCCNc1cccc2c1C(=O)N(C1CCC(=O)NC1=O)C2=O. The van der Waals surface area contributed by atoms with Gasteiger partial charge in [0.1, 0.15) is 30.1 Å². The van der Waals surface area contributed by atoms with Crippen molar-refractivity contribution in [3.05, 3.63) is 95.5 Å². The summed E-state index contributed by atoms with van der Waals surface area (Å²) in [6.45, 7) is 0.725. The van der Waals surface area contributed by atoms with Crippen LogP contribution < -0.4 is 16.0 Å². The lowest BCUT2D eigenvalue weighted by Crippen LogP contribution is -2.54. The van der Waals surface area contributed by atoms with Crippen LogP contribution in [-0.2, 0) is 19.1 Å². The standard InChI is InChI=1S/C33H31N5O7/c39-27-13-12-24(31(41)37-27)38-32(42)22-9-5-10-23(29(22)33(38)43)35-15-3-4-16-36-28(40)19-44-30(21-8-6-14-34-18-21)26-17-20-7-1-2-11-25(20)45-26/h1-2,5-11,14,17-18,24,30,35H,3-4,12-13,15-16,19H2,(H,36,40)(H,37,39,41). The number of carbonyl (C=O) groups excluding carboxylic acids is 5. The number of hydrogen-bond acceptors (Lipinski definition) is 9. The summed E-state index contributed by atoms with van der Waals surface area (Å²) in [4.78, 5) is 67.9. The second kappa shape index (κ2) is 13.1. The molecule has 3 N–H and O–H groups in total. The molecule has 45 heavy (non-hydrogen) atoms. The lowest BCUT2D eigenvalue weighted by molar-refractivity contribution is -0.136. The number of imide groups is 2. The minimum absolute atomic E-state index is 0.0595. The first-order valence-electron chi connectivity index (χ1n) is 14.8. The zero-order chi connectivity index (χ0) is 31.3. The van der Waals surface area contributed by atoms with Gasteiger partial charge in [0.25, 0.3) is 11.8 Å². The molecule has 1 fully saturated rings. The Kier molecular flexibility index (Phi) is 8.65. The van der Waals surface area contributed by atoms with E-state index in [0.29, 0.717) is 37.4 Å². The largest absolute Gasteiger partial charge is 0.458 e. The molecular weight excluding hydrogens is 578 g/mol. The lowest BCUT2D eigenvalue weighted by Gasteiger charge is -2.27. The molecule has 5 amide bonds. The fourth-order valence-corrected chi connectivity index (χ4v) is 5.58. The van der Waals surface area contributed by atoms with E-state index in [-0.39, 0.29) is 36.5 Å². The summed E-state index contributed by atoms with van der Waals surface area (Å²) >= 11 is 0. The second-order valence-corrected chi connectivity index (χ2v) is 10.8. The molecule has 2 aliphatic rings. The third-order valence-corrected chi connectivity index (χ3v) is 7.78. The number of nitrogens with zero attached hydrogens (tertiary/aromatic N) is 2. The van der Waals surface area contributed by atoms with Gasteiger partial charge in [-0.05, 0) is 49.6 Å². The van der Waals surface area contributed by atoms with Gasteiger partial charge in [-0.2, -0.15) is 0 Å². The molecule has 12 nitrogen and oxygen atoms in total. The van der Waals surface area contributed by atoms with E-state index < -0.39 is 35.8 Å². The normalized spacial score (nSPS) is 16.9. The summed E-state index contributed by atoms with van der Waals surface area (Å²) in [5.41, 5.74) is 2.42. The molecule has 1 saturated heterocycles. The number of hydrogen-bond donors (Lipinski definition) is 3. The van der Waals surface area contributed by atoms with E-state index in [4.69, 9.17) is 9.15 Å². The monoisotopic (exact) mass is 609 g/mol. The summed E-state index contributed by atoms with van der Waals surface area (Å²) in [5.74, 6) is -1.88. The average Bonchev–Trinajstić information content (AvgIpc) is 3.58. The number of fused-ring (bicyclic) bond motifs is 2. The molecular formula is C33H31N5O7. The number of aromatic nitrogens is 1. The first-order chi connectivity index (χ1) is 21.9. The Morgan fingerprint density at radius 1 is 1.02 bits per heavy atom. The number of pyridine rings is 1. The third-order valence-electron chi connectivity index (χ3n) is 7.78. The van der Waals surface area contributed by atoms with Crippen LogP contribution in [-0.4, -0.2) is 65.2 Å². The zero-order valence-electron chi connectivity index (χ0n) is 24.3. The predicted molar refractivity (Wildman–Crippen MR) is 162 cm³/mol. The minimum atomic E-state index is -1.02. The number of para-hydroxylation sites is 1. The summed E-state index contributed by atoms with van der Waals surface area (Å²) in [7, 11) is 0.